The first-order chi connectivity index (χ1) is 11.7. The van der Waals surface area contributed by atoms with Crippen molar-refractivity contribution in [3.05, 3.63) is 66.2 Å². The van der Waals surface area contributed by atoms with Crippen molar-refractivity contribution in [1.82, 2.24) is 4.98 Å². The summed E-state index contributed by atoms with van der Waals surface area (Å²) in [4.78, 5) is 15.2. The smallest absolute Gasteiger partial charge is 0.303 e. The van der Waals surface area contributed by atoms with Gasteiger partial charge in [-0.1, -0.05) is 30.3 Å². The number of benzene rings is 2. The van der Waals surface area contributed by atoms with Crippen LogP contribution in [0.2, 0.25) is 0 Å². The van der Waals surface area contributed by atoms with Crippen molar-refractivity contribution in [2.45, 2.75) is 25.7 Å². The number of unbranched alkanes of at least 4 members (excludes halogenated alkanes) is 1. The van der Waals surface area contributed by atoms with E-state index in [-0.39, 0.29) is 6.42 Å². The lowest BCUT2D eigenvalue weighted by Crippen LogP contribution is -1.96. The number of carboxylic acid groups (broad SMARTS) is 1. The third-order valence-corrected chi connectivity index (χ3v) is 3.90. The number of hydrogen-bond acceptors (Lipinski definition) is 3. The number of carbonyl (C=O) groups is 1. The molecule has 4 nitrogen and oxygen atoms in total. The number of fused-ring (bicyclic) bond motifs is 1. The van der Waals surface area contributed by atoms with E-state index in [1.54, 1.807) is 0 Å². The molecule has 3 rings (SSSR count). The van der Waals surface area contributed by atoms with Crippen LogP contribution in [0, 0.1) is 0 Å². The second kappa shape index (κ2) is 7.59. The number of carboxylic acids is 1. The number of aliphatic carboxylic acids is 1. The van der Waals surface area contributed by atoms with Gasteiger partial charge in [0.2, 0.25) is 0 Å². The Morgan fingerprint density at radius 1 is 1.00 bits per heavy atom. The Hall–Kier alpha value is -2.88. The van der Waals surface area contributed by atoms with Crippen LogP contribution < -0.4 is 5.32 Å². The molecule has 0 saturated heterocycles. The van der Waals surface area contributed by atoms with Gasteiger partial charge in [-0.15, -0.1) is 0 Å². The SMILES string of the molecule is O=C(O)CCCCc1cccc(Nc2ccc3ccccc3n2)c1. The summed E-state index contributed by atoms with van der Waals surface area (Å²) in [5, 5.41) is 13.1. The molecule has 0 saturated carbocycles. The zero-order valence-electron chi connectivity index (χ0n) is 13.4. The minimum atomic E-state index is -0.729. The van der Waals surface area contributed by atoms with Gasteiger partial charge in [0.25, 0.3) is 0 Å². The first-order valence-electron chi connectivity index (χ1n) is 8.14. The number of nitrogens with one attached hydrogen (secondary N) is 1. The molecule has 24 heavy (non-hydrogen) atoms. The van der Waals surface area contributed by atoms with Gasteiger partial charge in [0.05, 0.1) is 5.52 Å². The van der Waals surface area contributed by atoms with Crippen molar-refractivity contribution in [2.24, 2.45) is 0 Å². The molecule has 0 fully saturated rings. The summed E-state index contributed by atoms with van der Waals surface area (Å²) in [5.74, 6) is 0.0875. The molecule has 2 N–H and O–H groups in total. The van der Waals surface area contributed by atoms with Crippen molar-refractivity contribution in [2.75, 3.05) is 5.32 Å². The number of para-hydroxylation sites is 1. The maximum absolute atomic E-state index is 10.5. The highest BCUT2D eigenvalue weighted by atomic mass is 16.4. The Labute approximate surface area is 141 Å². The molecule has 0 amide bonds. The van der Waals surface area contributed by atoms with Gasteiger partial charge >= 0.3 is 5.97 Å². The monoisotopic (exact) mass is 320 g/mol. The van der Waals surface area contributed by atoms with Crippen molar-refractivity contribution in [3.63, 3.8) is 0 Å². The lowest BCUT2D eigenvalue weighted by atomic mass is 10.1. The number of aryl methyl sites for hydroxylation is 1. The molecular formula is C20H20N2O2. The molecule has 0 unspecified atom stereocenters. The quantitative estimate of drug-likeness (QED) is 0.615. The fourth-order valence-corrected chi connectivity index (χ4v) is 2.69. The summed E-state index contributed by atoms with van der Waals surface area (Å²) in [5.41, 5.74) is 3.16. The number of anilines is 2. The van der Waals surface area contributed by atoms with Crippen LogP contribution in [-0.4, -0.2) is 16.1 Å². The van der Waals surface area contributed by atoms with Crippen LogP contribution in [0.4, 0.5) is 11.5 Å². The average Bonchev–Trinajstić information content (AvgIpc) is 2.59. The van der Waals surface area contributed by atoms with Crippen molar-refractivity contribution in [1.29, 1.82) is 0 Å². The maximum Gasteiger partial charge on any atom is 0.303 e. The van der Waals surface area contributed by atoms with E-state index in [9.17, 15) is 4.79 Å². The van der Waals surface area contributed by atoms with E-state index in [1.165, 1.54) is 5.56 Å². The lowest BCUT2D eigenvalue weighted by molar-refractivity contribution is -0.137. The highest BCUT2D eigenvalue weighted by Gasteiger charge is 2.01. The van der Waals surface area contributed by atoms with E-state index in [0.717, 1.165) is 35.2 Å². The van der Waals surface area contributed by atoms with Crippen molar-refractivity contribution in [3.8, 4) is 0 Å². The zero-order chi connectivity index (χ0) is 16.8. The summed E-state index contributed by atoms with van der Waals surface area (Å²) in [6.07, 6.45) is 2.70. The fourth-order valence-electron chi connectivity index (χ4n) is 2.69. The molecule has 0 aliphatic rings. The minimum absolute atomic E-state index is 0.235. The highest BCUT2D eigenvalue weighted by Crippen LogP contribution is 2.20. The van der Waals surface area contributed by atoms with Gasteiger partial charge < -0.3 is 10.4 Å². The van der Waals surface area contributed by atoms with Gasteiger partial charge in [0.15, 0.2) is 0 Å². The van der Waals surface area contributed by atoms with Gasteiger partial charge in [0.1, 0.15) is 5.82 Å². The summed E-state index contributed by atoms with van der Waals surface area (Å²) in [6.45, 7) is 0. The van der Waals surface area contributed by atoms with Crippen LogP contribution in [0.3, 0.4) is 0 Å². The van der Waals surface area contributed by atoms with Crippen molar-refractivity contribution >= 4 is 28.4 Å². The van der Waals surface area contributed by atoms with Crippen LogP contribution in [0.15, 0.2) is 60.7 Å². The molecule has 0 spiro atoms. The van der Waals surface area contributed by atoms with Crippen LogP contribution in [0.25, 0.3) is 10.9 Å². The summed E-state index contributed by atoms with van der Waals surface area (Å²) in [7, 11) is 0. The molecule has 122 valence electrons. The topological polar surface area (TPSA) is 62.2 Å². The molecule has 3 aromatic rings. The van der Waals surface area contributed by atoms with Crippen LogP contribution in [0.1, 0.15) is 24.8 Å². The lowest BCUT2D eigenvalue weighted by Gasteiger charge is -2.09. The first kappa shape index (κ1) is 16.0. The van der Waals surface area contributed by atoms with Crippen LogP contribution in [-0.2, 0) is 11.2 Å². The molecule has 1 aromatic heterocycles. The zero-order valence-corrected chi connectivity index (χ0v) is 13.4. The molecule has 0 aliphatic carbocycles. The van der Waals surface area contributed by atoms with E-state index < -0.39 is 5.97 Å². The van der Waals surface area contributed by atoms with E-state index in [0.29, 0.717) is 6.42 Å². The molecule has 0 aliphatic heterocycles. The molecule has 0 radical (unpaired) electrons. The fraction of sp³-hybridized carbons (Fsp3) is 0.200. The number of pyridine rings is 1. The normalized spacial score (nSPS) is 10.7. The molecule has 0 atom stereocenters. The van der Waals surface area contributed by atoms with Gasteiger partial charge in [-0.2, -0.15) is 0 Å². The average molecular weight is 320 g/mol. The number of nitrogens with zero attached hydrogens (tertiary/aromatic N) is 1. The summed E-state index contributed by atoms with van der Waals surface area (Å²) in [6, 6.07) is 20.2. The first-order valence-corrected chi connectivity index (χ1v) is 8.14. The second-order valence-electron chi connectivity index (χ2n) is 5.82. The molecule has 2 aromatic carbocycles. The summed E-state index contributed by atoms with van der Waals surface area (Å²) < 4.78 is 0. The predicted octanol–water partition coefficient (Wildman–Crippen LogP) is 4.78. The van der Waals surface area contributed by atoms with Crippen LogP contribution >= 0.6 is 0 Å². The predicted molar refractivity (Wildman–Crippen MR) is 96.7 cm³/mol. The van der Waals surface area contributed by atoms with Gasteiger partial charge in [-0.05, 0) is 55.2 Å². The summed E-state index contributed by atoms with van der Waals surface area (Å²) >= 11 is 0. The number of rotatable bonds is 7. The molecular weight excluding hydrogens is 300 g/mol. The molecule has 1 heterocycles. The van der Waals surface area contributed by atoms with E-state index in [1.807, 2.05) is 42.5 Å². The van der Waals surface area contributed by atoms with Crippen LogP contribution in [0.5, 0.6) is 0 Å². The third-order valence-electron chi connectivity index (χ3n) is 3.90. The Balaban J connectivity index is 1.65. The minimum Gasteiger partial charge on any atom is -0.481 e. The van der Waals surface area contributed by atoms with Gasteiger partial charge in [0, 0.05) is 17.5 Å². The Bertz CT molecular complexity index is 846. The van der Waals surface area contributed by atoms with Gasteiger partial charge in [-0.3, -0.25) is 4.79 Å². The molecule has 0 bridgehead atoms. The maximum atomic E-state index is 10.5. The van der Waals surface area contributed by atoms with E-state index in [2.05, 4.69) is 28.5 Å². The largest absolute Gasteiger partial charge is 0.481 e. The molecule has 4 heteroatoms. The van der Waals surface area contributed by atoms with E-state index >= 15 is 0 Å². The number of hydrogen-bond donors (Lipinski definition) is 2. The third kappa shape index (κ3) is 4.32. The second-order valence-corrected chi connectivity index (χ2v) is 5.82. The van der Waals surface area contributed by atoms with E-state index in [4.69, 9.17) is 5.11 Å². The Kier molecular flexibility index (Phi) is 5.06. The highest BCUT2D eigenvalue weighted by molar-refractivity contribution is 5.80. The Morgan fingerprint density at radius 3 is 2.75 bits per heavy atom. The number of aromatic nitrogens is 1. The van der Waals surface area contributed by atoms with Gasteiger partial charge in [-0.25, -0.2) is 4.98 Å². The standard InChI is InChI=1S/C20H20N2O2/c23-20(24)11-4-1-6-15-7-5-9-17(14-15)21-19-13-12-16-8-2-3-10-18(16)22-19/h2-3,5,7-10,12-14H,1,4,6,11H2,(H,21,22)(H,23,24). The van der Waals surface area contributed by atoms with Crippen molar-refractivity contribution < 1.29 is 9.90 Å². The Morgan fingerprint density at radius 2 is 1.88 bits per heavy atom.